The molecule has 2 atom stereocenters. The summed E-state index contributed by atoms with van der Waals surface area (Å²) in [6.45, 7) is 3.68. The van der Waals surface area contributed by atoms with Gasteiger partial charge in [0.05, 0.1) is 7.11 Å². The summed E-state index contributed by atoms with van der Waals surface area (Å²) >= 11 is 0. The summed E-state index contributed by atoms with van der Waals surface area (Å²) in [6.07, 6.45) is 7.96. The van der Waals surface area contributed by atoms with Gasteiger partial charge in [-0.15, -0.1) is 0 Å². The Hall–Kier alpha value is -4.11. The average molecular weight is 481 g/mol. The normalized spacial score (nSPS) is 17.5. The van der Waals surface area contributed by atoms with Crippen LogP contribution in [0, 0.1) is 11.5 Å². The van der Waals surface area contributed by atoms with Gasteiger partial charge in [-0.05, 0) is 40.3 Å². The highest BCUT2D eigenvalue weighted by Gasteiger charge is 2.28. The lowest BCUT2D eigenvalue weighted by molar-refractivity contribution is 0.125. The van der Waals surface area contributed by atoms with Crippen molar-refractivity contribution in [3.05, 3.63) is 107 Å². The predicted octanol–water partition coefficient (Wildman–Crippen LogP) is 4.99. The van der Waals surface area contributed by atoms with E-state index in [9.17, 15) is 5.26 Å². The number of nitrogens with zero attached hydrogens (tertiary/aromatic N) is 3. The van der Waals surface area contributed by atoms with Crippen LogP contribution >= 0.6 is 0 Å². The molecule has 184 valence electrons. The Labute approximate surface area is 213 Å². The third kappa shape index (κ3) is 5.11. The van der Waals surface area contributed by atoms with Gasteiger partial charge in [-0.2, -0.15) is 5.26 Å². The van der Waals surface area contributed by atoms with E-state index in [1.165, 1.54) is 22.3 Å². The van der Waals surface area contributed by atoms with Gasteiger partial charge in [0.1, 0.15) is 6.10 Å². The van der Waals surface area contributed by atoms with Gasteiger partial charge >= 0.3 is 0 Å². The summed E-state index contributed by atoms with van der Waals surface area (Å²) in [6, 6.07) is 25.1. The molecule has 1 heterocycles. The Morgan fingerprint density at radius 1 is 0.944 bits per heavy atom. The highest BCUT2D eigenvalue weighted by atomic mass is 16.5. The molecule has 0 fully saturated rings. The summed E-state index contributed by atoms with van der Waals surface area (Å²) in [5, 5.41) is 12.4. The lowest BCUT2D eigenvalue weighted by Gasteiger charge is -2.33. The number of hydrogen-bond acceptors (Lipinski definition) is 6. The third-order valence-corrected chi connectivity index (χ3v) is 7.03. The van der Waals surface area contributed by atoms with E-state index in [0.717, 1.165) is 37.4 Å². The van der Waals surface area contributed by atoms with E-state index in [0.29, 0.717) is 0 Å². The van der Waals surface area contributed by atoms with Crippen molar-refractivity contribution in [1.82, 2.24) is 15.1 Å². The number of hydrogen-bond donors (Lipinski definition) is 1. The molecule has 2 unspecified atom stereocenters. The fourth-order valence-electron chi connectivity index (χ4n) is 5.14. The van der Waals surface area contributed by atoms with Crippen molar-refractivity contribution >= 4 is 0 Å². The van der Waals surface area contributed by atoms with E-state index in [1.54, 1.807) is 7.11 Å². The summed E-state index contributed by atoms with van der Waals surface area (Å²) in [5.41, 5.74) is 5.10. The summed E-state index contributed by atoms with van der Waals surface area (Å²) < 4.78 is 12.1. The largest absolute Gasteiger partial charge is 0.493 e. The topological polar surface area (TPSA) is 60.8 Å². The molecule has 1 aliphatic carbocycles. The van der Waals surface area contributed by atoms with Gasteiger partial charge in [0.25, 0.3) is 0 Å². The molecule has 5 rings (SSSR count). The number of ether oxygens (including phenoxy) is 2. The van der Waals surface area contributed by atoms with Crippen LogP contribution in [0.2, 0.25) is 0 Å². The molecule has 0 amide bonds. The molecule has 0 spiro atoms. The quantitative estimate of drug-likeness (QED) is 0.344. The first-order chi connectivity index (χ1) is 17.6. The Morgan fingerprint density at radius 2 is 1.64 bits per heavy atom. The number of nitriles is 1. The molecular formula is C30H32N4O2. The Bertz CT molecular complexity index is 1230. The Morgan fingerprint density at radius 3 is 2.33 bits per heavy atom. The first-order valence-corrected chi connectivity index (χ1v) is 12.4. The van der Waals surface area contributed by atoms with E-state index in [2.05, 4.69) is 89.2 Å². The molecule has 0 saturated carbocycles. The van der Waals surface area contributed by atoms with Crippen LogP contribution < -0.4 is 14.8 Å². The zero-order valence-corrected chi connectivity index (χ0v) is 20.8. The monoisotopic (exact) mass is 480 g/mol. The second-order valence-corrected chi connectivity index (χ2v) is 9.51. The minimum Gasteiger partial charge on any atom is -0.493 e. The molecule has 0 radical (unpaired) electrons. The van der Waals surface area contributed by atoms with E-state index < -0.39 is 0 Å². The summed E-state index contributed by atoms with van der Waals surface area (Å²) in [5.74, 6) is 1.75. The van der Waals surface area contributed by atoms with Gasteiger partial charge in [0.2, 0.25) is 0 Å². The van der Waals surface area contributed by atoms with Crippen molar-refractivity contribution in [3.8, 4) is 17.7 Å². The number of methoxy groups -OCH3 is 1. The van der Waals surface area contributed by atoms with Gasteiger partial charge < -0.3 is 19.3 Å². The molecule has 0 aromatic heterocycles. The van der Waals surface area contributed by atoms with Crippen molar-refractivity contribution in [1.29, 1.82) is 5.26 Å². The fourth-order valence-corrected chi connectivity index (χ4v) is 5.14. The van der Waals surface area contributed by atoms with Gasteiger partial charge in [-0.3, -0.25) is 5.32 Å². The molecule has 1 aliphatic heterocycles. The molecule has 36 heavy (non-hydrogen) atoms. The molecule has 0 bridgehead atoms. The van der Waals surface area contributed by atoms with Crippen LogP contribution in [0.25, 0.3) is 0 Å². The SMILES string of the molecule is COc1ccc(C(C)CN2C=CN(Cc3ccccc3)C2NC#N)cc1OC1Cc2ccccc2C1. The number of benzene rings is 3. The maximum atomic E-state index is 9.40. The maximum absolute atomic E-state index is 9.40. The molecule has 6 nitrogen and oxygen atoms in total. The van der Waals surface area contributed by atoms with Crippen LogP contribution in [0.15, 0.2) is 85.2 Å². The maximum Gasteiger partial charge on any atom is 0.186 e. The molecule has 3 aromatic carbocycles. The van der Waals surface area contributed by atoms with E-state index >= 15 is 0 Å². The lowest BCUT2D eigenvalue weighted by atomic mass is 10.00. The minimum absolute atomic E-state index is 0.110. The second-order valence-electron chi connectivity index (χ2n) is 9.51. The molecule has 1 N–H and O–H groups in total. The van der Waals surface area contributed by atoms with E-state index in [4.69, 9.17) is 9.47 Å². The molecule has 2 aliphatic rings. The highest BCUT2D eigenvalue weighted by molar-refractivity contribution is 5.45. The van der Waals surface area contributed by atoms with E-state index in [1.807, 2.05) is 24.3 Å². The number of rotatable bonds is 9. The molecule has 3 aromatic rings. The fraction of sp³-hybridized carbons (Fsp3) is 0.300. The molecule has 0 saturated heterocycles. The zero-order valence-electron chi connectivity index (χ0n) is 20.8. The number of fused-ring (bicyclic) bond motifs is 1. The van der Waals surface area contributed by atoms with Crippen LogP contribution in [0.4, 0.5) is 0 Å². The van der Waals surface area contributed by atoms with Gasteiger partial charge in [-0.25, -0.2) is 0 Å². The number of nitrogens with one attached hydrogen (secondary N) is 1. The molecule has 6 heteroatoms. The minimum atomic E-state index is -0.219. The van der Waals surface area contributed by atoms with Gasteiger partial charge in [0.15, 0.2) is 24.0 Å². The van der Waals surface area contributed by atoms with Crippen LogP contribution in [0.1, 0.15) is 35.1 Å². The Kier molecular flexibility index (Phi) is 6.99. The van der Waals surface area contributed by atoms with Crippen molar-refractivity contribution in [2.24, 2.45) is 0 Å². The third-order valence-electron chi connectivity index (χ3n) is 7.03. The first-order valence-electron chi connectivity index (χ1n) is 12.4. The first kappa shape index (κ1) is 23.6. The Balaban J connectivity index is 1.27. The predicted molar refractivity (Wildman–Crippen MR) is 140 cm³/mol. The van der Waals surface area contributed by atoms with E-state index in [-0.39, 0.29) is 18.3 Å². The van der Waals surface area contributed by atoms with Gasteiger partial charge in [-0.1, -0.05) is 67.6 Å². The summed E-state index contributed by atoms with van der Waals surface area (Å²) in [7, 11) is 1.68. The average Bonchev–Trinajstić information content (AvgIpc) is 3.48. The van der Waals surface area contributed by atoms with Crippen molar-refractivity contribution in [2.75, 3.05) is 13.7 Å². The zero-order chi connectivity index (χ0) is 24.9. The highest BCUT2D eigenvalue weighted by Crippen LogP contribution is 2.35. The van der Waals surface area contributed by atoms with Crippen LogP contribution in [0.5, 0.6) is 11.5 Å². The van der Waals surface area contributed by atoms with Gasteiger partial charge in [0, 0.05) is 38.3 Å². The second kappa shape index (κ2) is 10.7. The van der Waals surface area contributed by atoms with Crippen LogP contribution in [-0.4, -0.2) is 35.8 Å². The smallest absolute Gasteiger partial charge is 0.186 e. The van der Waals surface area contributed by atoms with Crippen molar-refractivity contribution in [2.45, 2.75) is 44.6 Å². The lowest BCUT2D eigenvalue weighted by Crippen LogP contribution is -2.48. The summed E-state index contributed by atoms with van der Waals surface area (Å²) in [4.78, 5) is 4.32. The van der Waals surface area contributed by atoms with Crippen LogP contribution in [0.3, 0.4) is 0 Å². The standard InChI is InChI=1S/C30H32N4O2/c1-22(19-33-14-15-34(30(33)32-21-31)20-23-8-4-3-5-9-23)24-12-13-28(35-2)29(18-24)36-27-16-25-10-6-7-11-26(25)17-27/h3-15,18,22,27,30,32H,16-17,19-20H2,1-2H3. The molecular weight excluding hydrogens is 448 g/mol. The van der Waals surface area contributed by atoms with Crippen molar-refractivity contribution in [3.63, 3.8) is 0 Å². The van der Waals surface area contributed by atoms with Crippen molar-refractivity contribution < 1.29 is 9.47 Å². The van der Waals surface area contributed by atoms with Crippen LogP contribution in [-0.2, 0) is 19.4 Å².